The molecule has 0 radical (unpaired) electrons. The quantitative estimate of drug-likeness (QED) is 0.263. The summed E-state index contributed by atoms with van der Waals surface area (Å²) in [6.45, 7) is 3.25. The van der Waals surface area contributed by atoms with Crippen molar-refractivity contribution < 1.29 is 9.18 Å². The third kappa shape index (κ3) is 7.92. The van der Waals surface area contributed by atoms with E-state index in [1.165, 1.54) is 12.3 Å². The number of pyridine rings is 1. The van der Waals surface area contributed by atoms with E-state index in [1.807, 2.05) is 6.92 Å². The number of carbonyl (C=O) groups excluding carboxylic acids is 1. The Kier molecular flexibility index (Phi) is 9.73. The maximum atomic E-state index is 13.3. The molecule has 0 aromatic carbocycles. The van der Waals surface area contributed by atoms with Gasteiger partial charge < -0.3 is 16.0 Å². The standard InChI is InChI=1S/C22H26FN7O/c1-4-11-26-20-16(9-7-6-8-12-27-21(31)18(5-2)24-3)15-28-22(30-20)29-17-10-13-25-19(23)14-17/h2,10,13-15,18,24H,4,6,8,11-12H2,1,3H3,(H,27,31)(H2,25,26,28,29,30)/t18-/m0/s1. The summed E-state index contributed by atoms with van der Waals surface area (Å²) in [7, 11) is 1.64. The number of amides is 1. The lowest BCUT2D eigenvalue weighted by atomic mass is 10.2. The Balaban J connectivity index is 1.97. The molecule has 0 bridgehead atoms. The van der Waals surface area contributed by atoms with Gasteiger partial charge >= 0.3 is 0 Å². The Morgan fingerprint density at radius 1 is 1.32 bits per heavy atom. The normalized spacial score (nSPS) is 10.9. The Morgan fingerprint density at radius 3 is 2.87 bits per heavy atom. The molecule has 0 saturated carbocycles. The highest BCUT2D eigenvalue weighted by molar-refractivity contribution is 5.84. The van der Waals surface area contributed by atoms with Gasteiger partial charge in [0.05, 0.1) is 11.8 Å². The summed E-state index contributed by atoms with van der Waals surface area (Å²) in [5.74, 6) is 8.61. The summed E-state index contributed by atoms with van der Waals surface area (Å²) < 4.78 is 13.3. The minimum atomic E-state index is -0.633. The second kappa shape index (κ2) is 12.8. The molecular weight excluding hydrogens is 397 g/mol. The van der Waals surface area contributed by atoms with Gasteiger partial charge in [0, 0.05) is 37.5 Å². The van der Waals surface area contributed by atoms with Crippen molar-refractivity contribution in [2.75, 3.05) is 30.8 Å². The maximum absolute atomic E-state index is 13.3. The van der Waals surface area contributed by atoms with Gasteiger partial charge in [-0.25, -0.2) is 9.97 Å². The fourth-order valence-corrected chi connectivity index (χ4v) is 2.46. The van der Waals surface area contributed by atoms with Crippen molar-refractivity contribution >= 4 is 23.4 Å². The second-order valence-electron chi connectivity index (χ2n) is 6.46. The number of likely N-dealkylation sites (N-methyl/N-ethyl adjacent to an activating group) is 1. The number of unbranched alkanes of at least 4 members (excludes halogenated alkanes) is 1. The summed E-state index contributed by atoms with van der Waals surface area (Å²) in [4.78, 5) is 24.0. The van der Waals surface area contributed by atoms with E-state index in [1.54, 1.807) is 19.3 Å². The summed E-state index contributed by atoms with van der Waals surface area (Å²) in [6, 6.07) is 2.25. The van der Waals surface area contributed by atoms with Gasteiger partial charge in [0.25, 0.3) is 0 Å². The van der Waals surface area contributed by atoms with E-state index in [4.69, 9.17) is 6.42 Å². The van der Waals surface area contributed by atoms with Crippen LogP contribution in [0.5, 0.6) is 0 Å². The molecule has 1 amide bonds. The molecule has 2 rings (SSSR count). The number of anilines is 3. The zero-order chi connectivity index (χ0) is 22.5. The van der Waals surface area contributed by atoms with Crippen LogP contribution >= 0.6 is 0 Å². The van der Waals surface area contributed by atoms with E-state index in [-0.39, 0.29) is 5.91 Å². The SMILES string of the molecule is C#C[C@H](NC)C(=O)NCCCC#Cc1cnc(Nc2ccnc(F)c2)nc1NCCC. The topological polar surface area (TPSA) is 104 Å². The smallest absolute Gasteiger partial charge is 0.249 e. The summed E-state index contributed by atoms with van der Waals surface area (Å²) in [5.41, 5.74) is 1.16. The lowest BCUT2D eigenvalue weighted by Gasteiger charge is -2.10. The molecule has 2 heterocycles. The summed E-state index contributed by atoms with van der Waals surface area (Å²) in [5, 5.41) is 11.7. The molecule has 4 N–H and O–H groups in total. The highest BCUT2D eigenvalue weighted by Gasteiger charge is 2.11. The van der Waals surface area contributed by atoms with Gasteiger partial charge in [-0.1, -0.05) is 24.7 Å². The third-order valence-electron chi connectivity index (χ3n) is 4.03. The van der Waals surface area contributed by atoms with Gasteiger partial charge in [-0.3, -0.25) is 10.1 Å². The van der Waals surface area contributed by atoms with Crippen molar-refractivity contribution in [1.29, 1.82) is 0 Å². The van der Waals surface area contributed by atoms with Crippen LogP contribution in [0.15, 0.2) is 24.5 Å². The Hall–Kier alpha value is -3.69. The monoisotopic (exact) mass is 423 g/mol. The van der Waals surface area contributed by atoms with Crippen molar-refractivity contribution in [3.05, 3.63) is 36.0 Å². The molecule has 2 aromatic heterocycles. The van der Waals surface area contributed by atoms with Crippen molar-refractivity contribution in [2.45, 2.75) is 32.2 Å². The second-order valence-corrected chi connectivity index (χ2v) is 6.46. The first-order chi connectivity index (χ1) is 15.1. The fraction of sp³-hybridized carbons (Fsp3) is 0.364. The maximum Gasteiger partial charge on any atom is 0.249 e. The molecule has 0 saturated heterocycles. The van der Waals surface area contributed by atoms with E-state index >= 15 is 0 Å². The molecule has 0 aliphatic heterocycles. The first kappa shape index (κ1) is 23.6. The Morgan fingerprint density at radius 2 is 2.16 bits per heavy atom. The van der Waals surface area contributed by atoms with E-state index in [9.17, 15) is 9.18 Å². The Labute approximate surface area is 181 Å². The first-order valence-electron chi connectivity index (χ1n) is 9.96. The number of terminal acetylenes is 1. The van der Waals surface area contributed by atoms with Gasteiger partial charge in [0.15, 0.2) is 0 Å². The average Bonchev–Trinajstić information content (AvgIpc) is 2.76. The predicted molar refractivity (Wildman–Crippen MR) is 119 cm³/mol. The molecule has 0 fully saturated rings. The van der Waals surface area contributed by atoms with Crippen LogP contribution in [0, 0.1) is 30.1 Å². The van der Waals surface area contributed by atoms with Crippen molar-refractivity contribution in [1.82, 2.24) is 25.6 Å². The lowest BCUT2D eigenvalue weighted by molar-refractivity contribution is -0.121. The number of nitrogens with one attached hydrogen (secondary N) is 4. The molecule has 31 heavy (non-hydrogen) atoms. The van der Waals surface area contributed by atoms with E-state index in [0.717, 1.165) is 13.0 Å². The Bertz CT molecular complexity index is 978. The van der Waals surface area contributed by atoms with Gasteiger partial charge in [-0.05, 0) is 26.0 Å². The van der Waals surface area contributed by atoms with Gasteiger partial charge in [0.1, 0.15) is 11.9 Å². The fourth-order valence-electron chi connectivity index (χ4n) is 2.46. The van der Waals surface area contributed by atoms with Crippen LogP contribution in [0.3, 0.4) is 0 Å². The number of halogens is 1. The van der Waals surface area contributed by atoms with Crippen LogP contribution in [-0.2, 0) is 4.79 Å². The van der Waals surface area contributed by atoms with Crippen molar-refractivity contribution in [3.8, 4) is 24.2 Å². The highest BCUT2D eigenvalue weighted by atomic mass is 19.1. The number of aromatic nitrogens is 3. The number of carbonyl (C=O) groups is 1. The highest BCUT2D eigenvalue weighted by Crippen LogP contribution is 2.17. The summed E-state index contributed by atoms with van der Waals surface area (Å²) >= 11 is 0. The van der Waals surface area contributed by atoms with Crippen molar-refractivity contribution in [2.24, 2.45) is 0 Å². The zero-order valence-electron chi connectivity index (χ0n) is 17.6. The van der Waals surface area contributed by atoms with E-state index in [2.05, 4.69) is 54.0 Å². The number of hydrogen-bond acceptors (Lipinski definition) is 7. The van der Waals surface area contributed by atoms with Crippen LogP contribution in [0.4, 0.5) is 21.8 Å². The molecule has 0 spiro atoms. The largest absolute Gasteiger partial charge is 0.369 e. The molecular formula is C22H26FN7O. The van der Waals surface area contributed by atoms with Crippen LogP contribution in [0.25, 0.3) is 0 Å². The molecule has 9 heteroatoms. The number of hydrogen-bond donors (Lipinski definition) is 4. The van der Waals surface area contributed by atoms with E-state index in [0.29, 0.717) is 42.4 Å². The minimum Gasteiger partial charge on any atom is -0.369 e. The third-order valence-corrected chi connectivity index (χ3v) is 4.03. The molecule has 162 valence electrons. The molecule has 0 aliphatic rings. The number of nitrogens with zero attached hydrogens (tertiary/aromatic N) is 3. The van der Waals surface area contributed by atoms with Gasteiger partial charge in [-0.15, -0.1) is 6.42 Å². The minimum absolute atomic E-state index is 0.227. The van der Waals surface area contributed by atoms with Crippen LogP contribution < -0.4 is 21.3 Å². The van der Waals surface area contributed by atoms with Crippen LogP contribution in [0.2, 0.25) is 0 Å². The molecule has 0 unspecified atom stereocenters. The molecule has 8 nitrogen and oxygen atoms in total. The molecule has 0 aliphatic carbocycles. The molecule has 1 atom stereocenters. The molecule has 2 aromatic rings. The summed E-state index contributed by atoms with van der Waals surface area (Å²) in [6.07, 6.45) is 10.4. The zero-order valence-corrected chi connectivity index (χ0v) is 17.6. The average molecular weight is 423 g/mol. The van der Waals surface area contributed by atoms with Crippen LogP contribution in [-0.4, -0.2) is 47.0 Å². The van der Waals surface area contributed by atoms with Crippen LogP contribution in [0.1, 0.15) is 31.7 Å². The van der Waals surface area contributed by atoms with Gasteiger partial charge in [0.2, 0.25) is 17.8 Å². The number of rotatable bonds is 10. The van der Waals surface area contributed by atoms with Gasteiger partial charge in [-0.2, -0.15) is 9.37 Å². The van der Waals surface area contributed by atoms with E-state index < -0.39 is 12.0 Å². The first-order valence-corrected chi connectivity index (χ1v) is 9.96. The lowest BCUT2D eigenvalue weighted by Crippen LogP contribution is -2.41. The predicted octanol–water partition coefficient (Wildman–Crippen LogP) is 2.05. The van der Waals surface area contributed by atoms with Crippen molar-refractivity contribution in [3.63, 3.8) is 0 Å².